The first-order valence-corrected chi connectivity index (χ1v) is 10.1. The molecule has 2 aliphatic rings. The fraction of sp³-hybridized carbons (Fsp3) is 0.478. The maximum atomic E-state index is 13.1. The number of carbonyl (C=O) groups excluding carboxylic acids is 1. The highest BCUT2D eigenvalue weighted by molar-refractivity contribution is 5.97. The number of hydrogen-bond donors (Lipinski definition) is 1. The van der Waals surface area contributed by atoms with Gasteiger partial charge in [-0.1, -0.05) is 24.1 Å². The number of fused-ring (bicyclic) bond motifs is 3. The maximum Gasteiger partial charge on any atom is 0.264 e. The van der Waals surface area contributed by atoms with Gasteiger partial charge >= 0.3 is 0 Å². The minimum Gasteiger partial charge on any atom is -0.349 e. The standard InChI is InChI=1S/C23H27N3O2/c1-4-11-25-18-9-10-19(25)14-17(13-18)24-22(27)20-12-16-7-5-6-8-21(16)26(15(2)3)23(20)28/h1,5-8,12,15,17-19H,9-11,13-14H2,2-3H3,(H,24,27)/t17?,18-,19+. The van der Waals surface area contributed by atoms with Crippen LogP contribution in [-0.2, 0) is 0 Å². The van der Waals surface area contributed by atoms with Crippen LogP contribution in [0.5, 0.6) is 0 Å². The molecule has 2 aromatic rings. The summed E-state index contributed by atoms with van der Waals surface area (Å²) in [6, 6.07) is 10.4. The SMILES string of the molecule is C#CCN1[C@@H]2CC[C@H]1CC(NC(=O)c1cc3ccccc3n(C(C)C)c1=O)C2. The monoisotopic (exact) mass is 377 g/mol. The van der Waals surface area contributed by atoms with Crippen LogP contribution in [0.15, 0.2) is 35.1 Å². The maximum absolute atomic E-state index is 13.1. The molecule has 0 aliphatic carbocycles. The van der Waals surface area contributed by atoms with E-state index in [9.17, 15) is 9.59 Å². The molecule has 2 fully saturated rings. The Hall–Kier alpha value is -2.58. The van der Waals surface area contributed by atoms with E-state index in [1.165, 1.54) is 0 Å². The van der Waals surface area contributed by atoms with Crippen LogP contribution in [0, 0.1) is 12.3 Å². The van der Waals surface area contributed by atoms with Crippen LogP contribution in [0.25, 0.3) is 10.9 Å². The van der Waals surface area contributed by atoms with Crippen LogP contribution in [0.3, 0.4) is 0 Å². The van der Waals surface area contributed by atoms with Crippen molar-refractivity contribution in [2.24, 2.45) is 0 Å². The number of pyridine rings is 1. The van der Waals surface area contributed by atoms with Crippen LogP contribution >= 0.6 is 0 Å². The van der Waals surface area contributed by atoms with E-state index < -0.39 is 0 Å². The summed E-state index contributed by atoms with van der Waals surface area (Å²) in [7, 11) is 0. The third-order valence-electron chi connectivity index (χ3n) is 6.20. The molecule has 1 aromatic heterocycles. The number of carbonyl (C=O) groups is 1. The zero-order valence-electron chi connectivity index (χ0n) is 16.5. The summed E-state index contributed by atoms with van der Waals surface area (Å²) in [6.07, 6.45) is 9.57. The van der Waals surface area contributed by atoms with E-state index in [0.717, 1.165) is 36.6 Å². The van der Waals surface area contributed by atoms with Crippen LogP contribution in [0.1, 0.15) is 55.9 Å². The van der Waals surface area contributed by atoms with Gasteiger partial charge < -0.3 is 9.88 Å². The molecule has 2 bridgehead atoms. The first kappa shape index (κ1) is 18.8. The Labute approximate surface area is 165 Å². The number of nitrogens with one attached hydrogen (secondary N) is 1. The van der Waals surface area contributed by atoms with Gasteiger partial charge in [0.15, 0.2) is 0 Å². The van der Waals surface area contributed by atoms with E-state index in [2.05, 4.69) is 16.1 Å². The molecule has 28 heavy (non-hydrogen) atoms. The fourth-order valence-corrected chi connectivity index (χ4v) is 4.98. The average molecular weight is 377 g/mol. The van der Waals surface area contributed by atoms with Crippen molar-refractivity contribution in [1.82, 2.24) is 14.8 Å². The molecular weight excluding hydrogens is 350 g/mol. The highest BCUT2D eigenvalue weighted by Crippen LogP contribution is 2.35. The van der Waals surface area contributed by atoms with Gasteiger partial charge in [0, 0.05) is 24.2 Å². The molecule has 1 N–H and O–H groups in total. The number of hydrogen-bond acceptors (Lipinski definition) is 3. The Bertz CT molecular complexity index is 987. The fourth-order valence-electron chi connectivity index (χ4n) is 4.98. The topological polar surface area (TPSA) is 54.3 Å². The number of amides is 1. The van der Waals surface area contributed by atoms with Gasteiger partial charge in [-0.25, -0.2) is 0 Å². The summed E-state index contributed by atoms with van der Waals surface area (Å²) in [4.78, 5) is 28.5. The molecule has 1 unspecified atom stereocenters. The first-order valence-electron chi connectivity index (χ1n) is 10.1. The van der Waals surface area contributed by atoms with Crippen molar-refractivity contribution in [1.29, 1.82) is 0 Å². The number of para-hydroxylation sites is 1. The molecule has 5 nitrogen and oxygen atoms in total. The lowest BCUT2D eigenvalue weighted by molar-refractivity contribution is 0.0867. The van der Waals surface area contributed by atoms with Gasteiger partial charge in [0.25, 0.3) is 11.5 Å². The van der Waals surface area contributed by atoms with E-state index in [1.54, 1.807) is 10.6 Å². The molecule has 1 amide bonds. The first-order chi connectivity index (χ1) is 13.5. The normalized spacial score (nSPS) is 24.4. The van der Waals surface area contributed by atoms with E-state index in [0.29, 0.717) is 18.6 Å². The van der Waals surface area contributed by atoms with Crippen molar-refractivity contribution in [3.8, 4) is 12.3 Å². The number of piperidine rings is 1. The molecular formula is C23H27N3O2. The molecule has 0 spiro atoms. The number of aromatic nitrogens is 1. The number of nitrogens with zero attached hydrogens (tertiary/aromatic N) is 2. The van der Waals surface area contributed by atoms with E-state index in [4.69, 9.17) is 6.42 Å². The molecule has 5 heteroatoms. The lowest BCUT2D eigenvalue weighted by Gasteiger charge is -2.38. The third-order valence-corrected chi connectivity index (χ3v) is 6.20. The minimum absolute atomic E-state index is 0.0204. The molecule has 3 heterocycles. The van der Waals surface area contributed by atoms with Crippen molar-refractivity contribution in [3.05, 3.63) is 46.2 Å². The molecule has 4 rings (SSSR count). The molecule has 2 saturated heterocycles. The molecule has 0 saturated carbocycles. The van der Waals surface area contributed by atoms with Gasteiger partial charge in [-0.05, 0) is 57.0 Å². The van der Waals surface area contributed by atoms with Gasteiger partial charge in [0.1, 0.15) is 5.56 Å². The van der Waals surface area contributed by atoms with Crippen molar-refractivity contribution in [3.63, 3.8) is 0 Å². The average Bonchev–Trinajstić information content (AvgIpc) is 2.90. The summed E-state index contributed by atoms with van der Waals surface area (Å²) in [6.45, 7) is 4.61. The Kier molecular flexibility index (Phi) is 4.99. The summed E-state index contributed by atoms with van der Waals surface area (Å²) in [5.74, 6) is 2.49. The third kappa shape index (κ3) is 3.22. The predicted octanol–water partition coefficient (Wildman–Crippen LogP) is 2.94. The molecule has 146 valence electrons. The zero-order valence-corrected chi connectivity index (χ0v) is 16.5. The van der Waals surface area contributed by atoms with Gasteiger partial charge in [-0.3, -0.25) is 14.5 Å². The predicted molar refractivity (Wildman–Crippen MR) is 111 cm³/mol. The lowest BCUT2D eigenvalue weighted by atomic mass is 9.97. The Morgan fingerprint density at radius 1 is 1.25 bits per heavy atom. The molecule has 2 aliphatic heterocycles. The Morgan fingerprint density at radius 2 is 1.93 bits per heavy atom. The minimum atomic E-state index is -0.264. The quantitative estimate of drug-likeness (QED) is 0.834. The second-order valence-electron chi connectivity index (χ2n) is 8.29. The Morgan fingerprint density at radius 3 is 2.57 bits per heavy atom. The molecule has 3 atom stereocenters. The van der Waals surface area contributed by atoms with E-state index >= 15 is 0 Å². The van der Waals surface area contributed by atoms with Gasteiger partial charge in [0.2, 0.25) is 0 Å². The zero-order chi connectivity index (χ0) is 19.8. The highest BCUT2D eigenvalue weighted by atomic mass is 16.2. The van der Waals surface area contributed by atoms with E-state index in [1.807, 2.05) is 38.1 Å². The van der Waals surface area contributed by atoms with Gasteiger partial charge in [-0.15, -0.1) is 6.42 Å². The summed E-state index contributed by atoms with van der Waals surface area (Å²) >= 11 is 0. The number of benzene rings is 1. The second kappa shape index (κ2) is 7.44. The lowest BCUT2D eigenvalue weighted by Crippen LogP contribution is -2.51. The van der Waals surface area contributed by atoms with Crippen LogP contribution in [0.4, 0.5) is 0 Å². The summed E-state index contributed by atoms with van der Waals surface area (Å²) in [5, 5.41) is 4.05. The molecule has 0 radical (unpaired) electrons. The van der Waals surface area contributed by atoms with Gasteiger partial charge in [0.05, 0.1) is 12.1 Å². The summed E-state index contributed by atoms with van der Waals surface area (Å²) < 4.78 is 1.71. The van der Waals surface area contributed by atoms with Crippen LogP contribution in [0.2, 0.25) is 0 Å². The number of rotatable bonds is 4. The van der Waals surface area contributed by atoms with Crippen LogP contribution < -0.4 is 10.9 Å². The van der Waals surface area contributed by atoms with Gasteiger partial charge in [-0.2, -0.15) is 0 Å². The second-order valence-corrected chi connectivity index (χ2v) is 8.29. The smallest absolute Gasteiger partial charge is 0.264 e. The molecule has 1 aromatic carbocycles. The van der Waals surface area contributed by atoms with Crippen LogP contribution in [-0.4, -0.2) is 40.0 Å². The van der Waals surface area contributed by atoms with Crippen molar-refractivity contribution < 1.29 is 4.79 Å². The Balaban J connectivity index is 1.60. The highest BCUT2D eigenvalue weighted by Gasteiger charge is 2.40. The van der Waals surface area contributed by atoms with Crippen molar-refractivity contribution in [2.75, 3.05) is 6.54 Å². The largest absolute Gasteiger partial charge is 0.349 e. The number of terminal acetylenes is 1. The van der Waals surface area contributed by atoms with E-state index in [-0.39, 0.29) is 29.1 Å². The van der Waals surface area contributed by atoms with Crippen molar-refractivity contribution >= 4 is 16.8 Å². The summed E-state index contributed by atoms with van der Waals surface area (Å²) in [5.41, 5.74) is 0.865. The van der Waals surface area contributed by atoms with Crippen molar-refractivity contribution in [2.45, 2.75) is 63.7 Å².